The van der Waals surface area contributed by atoms with E-state index >= 15 is 0 Å². The van der Waals surface area contributed by atoms with Crippen molar-refractivity contribution in [2.24, 2.45) is 0 Å². The minimum absolute atomic E-state index is 0.0334. The van der Waals surface area contributed by atoms with Crippen LogP contribution in [0.4, 0.5) is 17.5 Å². The SMILES string of the molecule is C=CC(=O)N1CCC[C@@H](Nc2nc(Nc3cnn(CCN4CCOCC4)c3)nc3[nH]ccc23)C1. The summed E-state index contributed by atoms with van der Waals surface area (Å²) in [7, 11) is 0. The van der Waals surface area contributed by atoms with Crippen LogP contribution in [0.2, 0.25) is 0 Å². The van der Waals surface area contributed by atoms with Gasteiger partial charge in [0.25, 0.3) is 0 Å². The first-order chi connectivity index (χ1) is 16.7. The number of nitrogens with one attached hydrogen (secondary N) is 3. The van der Waals surface area contributed by atoms with Gasteiger partial charge in [-0.15, -0.1) is 0 Å². The summed E-state index contributed by atoms with van der Waals surface area (Å²) in [5.74, 6) is 1.19. The zero-order valence-corrected chi connectivity index (χ0v) is 19.2. The Balaban J connectivity index is 1.26. The van der Waals surface area contributed by atoms with Gasteiger partial charge < -0.3 is 25.3 Å². The second-order valence-corrected chi connectivity index (χ2v) is 8.68. The number of carbonyl (C=O) groups excluding carboxylic acids is 1. The molecule has 1 atom stereocenters. The van der Waals surface area contributed by atoms with Crippen LogP contribution in [-0.2, 0) is 16.1 Å². The maximum atomic E-state index is 12.1. The minimum atomic E-state index is -0.0334. The van der Waals surface area contributed by atoms with Gasteiger partial charge in [0.2, 0.25) is 11.9 Å². The zero-order valence-electron chi connectivity index (χ0n) is 19.2. The molecule has 2 fully saturated rings. The van der Waals surface area contributed by atoms with Gasteiger partial charge in [0.1, 0.15) is 11.5 Å². The number of fused-ring (bicyclic) bond motifs is 1. The number of piperidine rings is 1. The molecule has 11 heteroatoms. The van der Waals surface area contributed by atoms with Crippen molar-refractivity contribution < 1.29 is 9.53 Å². The van der Waals surface area contributed by atoms with E-state index in [2.05, 4.69) is 37.2 Å². The molecule has 34 heavy (non-hydrogen) atoms. The number of morpholine rings is 1. The predicted octanol–water partition coefficient (Wildman–Crippen LogP) is 1.82. The van der Waals surface area contributed by atoms with Crippen molar-refractivity contribution >= 4 is 34.4 Å². The van der Waals surface area contributed by atoms with E-state index in [1.54, 1.807) is 6.20 Å². The van der Waals surface area contributed by atoms with Gasteiger partial charge in [-0.05, 0) is 25.0 Å². The summed E-state index contributed by atoms with van der Waals surface area (Å²) < 4.78 is 7.34. The lowest BCUT2D eigenvalue weighted by Crippen LogP contribution is -2.44. The number of rotatable bonds is 8. The van der Waals surface area contributed by atoms with E-state index in [9.17, 15) is 4.79 Å². The van der Waals surface area contributed by atoms with Gasteiger partial charge in [0.05, 0.1) is 37.0 Å². The van der Waals surface area contributed by atoms with Crippen molar-refractivity contribution in [2.45, 2.75) is 25.4 Å². The van der Waals surface area contributed by atoms with Crippen LogP contribution in [0, 0.1) is 0 Å². The average molecular weight is 466 g/mol. The van der Waals surface area contributed by atoms with E-state index < -0.39 is 0 Å². The Labute approximate surface area is 198 Å². The summed E-state index contributed by atoms with van der Waals surface area (Å²) in [6, 6.07) is 2.07. The molecule has 0 aromatic carbocycles. The number of hydrogen-bond donors (Lipinski definition) is 3. The summed E-state index contributed by atoms with van der Waals surface area (Å²) in [6.07, 6.45) is 8.89. The molecule has 2 saturated heterocycles. The average Bonchev–Trinajstić information content (AvgIpc) is 3.53. The van der Waals surface area contributed by atoms with Gasteiger partial charge in [-0.25, -0.2) is 0 Å². The highest BCUT2D eigenvalue weighted by Gasteiger charge is 2.23. The smallest absolute Gasteiger partial charge is 0.246 e. The number of ether oxygens (including phenoxy) is 1. The molecule has 3 aromatic rings. The third kappa shape index (κ3) is 5.20. The summed E-state index contributed by atoms with van der Waals surface area (Å²) in [4.78, 5) is 28.8. The maximum Gasteiger partial charge on any atom is 0.246 e. The molecule has 0 aliphatic carbocycles. The molecule has 0 radical (unpaired) electrons. The monoisotopic (exact) mass is 465 g/mol. The summed E-state index contributed by atoms with van der Waals surface area (Å²) in [5.41, 5.74) is 1.58. The Bertz CT molecular complexity index is 1130. The molecule has 2 aliphatic heterocycles. The second-order valence-electron chi connectivity index (χ2n) is 8.68. The number of likely N-dealkylation sites (tertiary alicyclic amines) is 1. The lowest BCUT2D eigenvalue weighted by molar-refractivity contribution is -0.127. The topological polar surface area (TPSA) is 116 Å². The Morgan fingerprint density at radius 1 is 1.26 bits per heavy atom. The van der Waals surface area contributed by atoms with Gasteiger partial charge in [-0.2, -0.15) is 15.1 Å². The van der Waals surface area contributed by atoms with Crippen LogP contribution < -0.4 is 10.6 Å². The van der Waals surface area contributed by atoms with Crippen molar-refractivity contribution in [3.8, 4) is 0 Å². The number of anilines is 3. The third-order valence-electron chi connectivity index (χ3n) is 6.30. The first kappa shape index (κ1) is 22.4. The fraction of sp³-hybridized carbons (Fsp3) is 0.478. The first-order valence-corrected chi connectivity index (χ1v) is 11.8. The fourth-order valence-corrected chi connectivity index (χ4v) is 4.47. The normalized spacial score (nSPS) is 19.3. The molecule has 0 spiro atoms. The Hall–Kier alpha value is -3.44. The molecule has 5 rings (SSSR count). The molecule has 3 aromatic heterocycles. The molecule has 11 nitrogen and oxygen atoms in total. The summed E-state index contributed by atoms with van der Waals surface area (Å²) >= 11 is 0. The summed E-state index contributed by atoms with van der Waals surface area (Å²) in [5, 5.41) is 12.2. The van der Waals surface area contributed by atoms with Crippen molar-refractivity contribution in [2.75, 3.05) is 56.6 Å². The molecule has 180 valence electrons. The largest absolute Gasteiger partial charge is 0.379 e. The quantitative estimate of drug-likeness (QED) is 0.432. The van der Waals surface area contributed by atoms with E-state index in [0.29, 0.717) is 12.5 Å². The first-order valence-electron chi connectivity index (χ1n) is 11.8. The number of hydrogen-bond acceptors (Lipinski definition) is 8. The molecule has 0 bridgehead atoms. The standard InChI is InChI=1S/C23H31N9O2/c1-2-20(33)31-7-3-4-17(15-31)26-22-19-5-6-24-21(19)28-23(29-22)27-18-14-25-32(16-18)9-8-30-10-12-34-13-11-30/h2,5-6,14,16-17H,1,3-4,7-13,15H2,(H3,24,26,27,28,29)/t17-/m1/s1. The van der Waals surface area contributed by atoms with E-state index in [1.165, 1.54) is 6.08 Å². The number of nitrogens with zero attached hydrogens (tertiary/aromatic N) is 6. The lowest BCUT2D eigenvalue weighted by Gasteiger charge is -2.33. The van der Waals surface area contributed by atoms with E-state index in [4.69, 9.17) is 9.72 Å². The number of aromatic amines is 1. The van der Waals surface area contributed by atoms with Crippen LogP contribution in [0.3, 0.4) is 0 Å². The summed E-state index contributed by atoms with van der Waals surface area (Å²) in [6.45, 7) is 10.3. The molecule has 3 N–H and O–H groups in total. The molecule has 1 amide bonds. The van der Waals surface area contributed by atoms with Gasteiger partial charge in [0.15, 0.2) is 0 Å². The van der Waals surface area contributed by atoms with Crippen LogP contribution in [0.1, 0.15) is 12.8 Å². The van der Waals surface area contributed by atoms with Crippen molar-refractivity contribution in [3.63, 3.8) is 0 Å². The Kier molecular flexibility index (Phi) is 6.72. The molecule has 0 saturated carbocycles. The molecule has 5 heterocycles. The third-order valence-corrected chi connectivity index (χ3v) is 6.30. The molecular formula is C23H31N9O2. The van der Waals surface area contributed by atoms with Crippen molar-refractivity contribution in [1.82, 2.24) is 34.5 Å². The van der Waals surface area contributed by atoms with Crippen molar-refractivity contribution in [3.05, 3.63) is 37.3 Å². The van der Waals surface area contributed by atoms with Gasteiger partial charge in [-0.3, -0.25) is 14.4 Å². The van der Waals surface area contributed by atoms with Crippen LogP contribution in [-0.4, -0.2) is 92.4 Å². The van der Waals surface area contributed by atoms with Crippen LogP contribution in [0.25, 0.3) is 11.0 Å². The highest BCUT2D eigenvalue weighted by molar-refractivity contribution is 5.89. The predicted molar refractivity (Wildman–Crippen MR) is 130 cm³/mol. The Morgan fingerprint density at radius 3 is 3.00 bits per heavy atom. The van der Waals surface area contributed by atoms with E-state index in [1.807, 2.05) is 28.0 Å². The molecular weight excluding hydrogens is 434 g/mol. The zero-order chi connectivity index (χ0) is 23.3. The van der Waals surface area contributed by atoms with Crippen LogP contribution in [0.15, 0.2) is 37.3 Å². The van der Waals surface area contributed by atoms with Crippen LogP contribution >= 0.6 is 0 Å². The van der Waals surface area contributed by atoms with Gasteiger partial charge in [0, 0.05) is 51.2 Å². The minimum Gasteiger partial charge on any atom is -0.379 e. The van der Waals surface area contributed by atoms with Crippen molar-refractivity contribution in [1.29, 1.82) is 0 Å². The van der Waals surface area contributed by atoms with Gasteiger partial charge in [-0.1, -0.05) is 6.58 Å². The highest BCUT2D eigenvalue weighted by Crippen LogP contribution is 2.25. The van der Waals surface area contributed by atoms with Crippen LogP contribution in [0.5, 0.6) is 0 Å². The Morgan fingerprint density at radius 2 is 2.15 bits per heavy atom. The second kappa shape index (κ2) is 10.2. The lowest BCUT2D eigenvalue weighted by atomic mass is 10.1. The molecule has 2 aliphatic rings. The fourth-order valence-electron chi connectivity index (χ4n) is 4.47. The number of aromatic nitrogens is 5. The number of amides is 1. The number of H-pyrrole nitrogens is 1. The van der Waals surface area contributed by atoms with E-state index in [-0.39, 0.29) is 11.9 Å². The van der Waals surface area contributed by atoms with Gasteiger partial charge >= 0.3 is 0 Å². The molecule has 0 unspecified atom stereocenters. The highest BCUT2D eigenvalue weighted by atomic mass is 16.5. The maximum absolute atomic E-state index is 12.1. The number of carbonyl (C=O) groups is 1. The van der Waals surface area contributed by atoms with E-state index in [0.717, 1.165) is 81.3 Å².